The maximum Gasteiger partial charge on any atom is 0.131 e. The zero-order valence-corrected chi connectivity index (χ0v) is 12.5. The lowest BCUT2D eigenvalue weighted by atomic mass is 9.97. The molecule has 2 rings (SSSR count). The molecule has 0 bridgehead atoms. The maximum absolute atomic E-state index is 11.4. The largest absolute Gasteiger partial charge is 0.300 e. The summed E-state index contributed by atoms with van der Waals surface area (Å²) in [7, 11) is 0. The van der Waals surface area contributed by atoms with Gasteiger partial charge in [-0.25, -0.2) is 0 Å². The smallest absolute Gasteiger partial charge is 0.131 e. The molecule has 1 aromatic carbocycles. The van der Waals surface area contributed by atoms with Gasteiger partial charge in [-0.2, -0.15) is 0 Å². The Kier molecular flexibility index (Phi) is 5.00. The van der Waals surface area contributed by atoms with Gasteiger partial charge in [-0.15, -0.1) is 0 Å². The minimum absolute atomic E-state index is 0.284. The summed E-state index contributed by atoms with van der Waals surface area (Å²) in [6.45, 7) is 5.67. The van der Waals surface area contributed by atoms with Crippen molar-refractivity contribution in [2.75, 3.05) is 6.54 Å². The second-order valence-corrected chi connectivity index (χ2v) is 6.03. The fourth-order valence-corrected chi connectivity index (χ4v) is 3.13. The number of hydrogen-bond acceptors (Lipinski definition) is 2. The molecule has 2 nitrogen and oxygen atoms in total. The highest BCUT2D eigenvalue weighted by Gasteiger charge is 2.24. The van der Waals surface area contributed by atoms with Gasteiger partial charge in [0, 0.05) is 24.0 Å². The third-order valence-electron chi connectivity index (χ3n) is 3.85. The Bertz CT molecular complexity index is 458. The SMILES string of the molecule is CC(=O)CC1CCCCN1Cc1ccc(C)cc1Cl. The van der Waals surface area contributed by atoms with Gasteiger partial charge in [0.15, 0.2) is 0 Å². The Morgan fingerprint density at radius 1 is 1.42 bits per heavy atom. The number of rotatable bonds is 4. The number of likely N-dealkylation sites (tertiary alicyclic amines) is 1. The highest BCUT2D eigenvalue weighted by atomic mass is 35.5. The van der Waals surface area contributed by atoms with Crippen molar-refractivity contribution in [3.05, 3.63) is 34.3 Å². The summed E-state index contributed by atoms with van der Waals surface area (Å²) in [6, 6.07) is 6.62. The van der Waals surface area contributed by atoms with Crippen molar-refractivity contribution in [3.8, 4) is 0 Å². The van der Waals surface area contributed by atoms with Crippen LogP contribution in [-0.2, 0) is 11.3 Å². The number of carbonyl (C=O) groups excluding carboxylic acids is 1. The molecule has 1 aliphatic rings. The minimum Gasteiger partial charge on any atom is -0.300 e. The molecule has 0 N–H and O–H groups in total. The number of piperidine rings is 1. The molecule has 3 heteroatoms. The van der Waals surface area contributed by atoms with Crippen LogP contribution < -0.4 is 0 Å². The van der Waals surface area contributed by atoms with Crippen LogP contribution in [0.2, 0.25) is 5.02 Å². The molecule has 0 aromatic heterocycles. The number of Topliss-reactive ketones (excluding diaryl/α,β-unsaturated/α-hetero) is 1. The van der Waals surface area contributed by atoms with E-state index in [-0.39, 0.29) is 5.78 Å². The van der Waals surface area contributed by atoms with Gasteiger partial charge in [0.05, 0.1) is 0 Å². The van der Waals surface area contributed by atoms with E-state index in [2.05, 4.69) is 24.0 Å². The lowest BCUT2D eigenvalue weighted by Gasteiger charge is -2.35. The van der Waals surface area contributed by atoms with Crippen molar-refractivity contribution >= 4 is 17.4 Å². The van der Waals surface area contributed by atoms with Crippen LogP contribution in [0, 0.1) is 6.92 Å². The highest BCUT2D eigenvalue weighted by Crippen LogP contribution is 2.25. The Labute approximate surface area is 120 Å². The number of ketones is 1. The van der Waals surface area contributed by atoms with Crippen LogP contribution in [0.4, 0.5) is 0 Å². The van der Waals surface area contributed by atoms with Crippen LogP contribution in [0.25, 0.3) is 0 Å². The zero-order valence-electron chi connectivity index (χ0n) is 11.8. The normalized spacial score (nSPS) is 20.5. The molecular weight excluding hydrogens is 258 g/mol. The lowest BCUT2D eigenvalue weighted by Crippen LogP contribution is -2.40. The predicted octanol–water partition coefficient (Wildman–Crippen LogP) is 3.98. The van der Waals surface area contributed by atoms with Crippen molar-refractivity contribution in [3.63, 3.8) is 0 Å². The van der Waals surface area contributed by atoms with Gasteiger partial charge >= 0.3 is 0 Å². The standard InChI is InChI=1S/C16H22ClNO/c1-12-6-7-14(16(17)9-12)11-18-8-4-3-5-15(18)10-13(2)19/h6-7,9,15H,3-5,8,10-11H2,1-2H3. The maximum atomic E-state index is 11.4. The van der Waals surface area contributed by atoms with E-state index in [0.717, 1.165) is 24.5 Å². The van der Waals surface area contributed by atoms with E-state index in [4.69, 9.17) is 11.6 Å². The average Bonchev–Trinajstić information content (AvgIpc) is 2.34. The first kappa shape index (κ1) is 14.5. The molecule has 0 spiro atoms. The van der Waals surface area contributed by atoms with Crippen LogP contribution in [-0.4, -0.2) is 23.3 Å². The average molecular weight is 280 g/mol. The summed E-state index contributed by atoms with van der Waals surface area (Å²) >= 11 is 6.31. The van der Waals surface area contributed by atoms with Crippen molar-refractivity contribution in [2.45, 2.75) is 52.1 Å². The number of hydrogen-bond donors (Lipinski definition) is 0. The number of nitrogens with zero attached hydrogens (tertiary/aromatic N) is 1. The highest BCUT2D eigenvalue weighted by molar-refractivity contribution is 6.31. The van der Waals surface area contributed by atoms with Gasteiger partial charge in [0.2, 0.25) is 0 Å². The Balaban J connectivity index is 2.08. The fourth-order valence-electron chi connectivity index (χ4n) is 2.83. The molecule has 1 atom stereocenters. The predicted molar refractivity (Wildman–Crippen MR) is 79.5 cm³/mol. The molecule has 0 radical (unpaired) electrons. The summed E-state index contributed by atoms with van der Waals surface area (Å²) in [5, 5.41) is 0.840. The molecule has 0 amide bonds. The molecule has 1 fully saturated rings. The van der Waals surface area contributed by atoms with Crippen LogP contribution >= 0.6 is 11.6 Å². The van der Waals surface area contributed by atoms with E-state index in [9.17, 15) is 4.79 Å². The first-order chi connectivity index (χ1) is 9.06. The van der Waals surface area contributed by atoms with Gasteiger partial charge in [-0.3, -0.25) is 9.69 Å². The van der Waals surface area contributed by atoms with Gasteiger partial charge < -0.3 is 0 Å². The molecule has 1 aliphatic heterocycles. The Morgan fingerprint density at radius 3 is 2.89 bits per heavy atom. The van der Waals surface area contributed by atoms with E-state index in [1.54, 1.807) is 6.92 Å². The summed E-state index contributed by atoms with van der Waals surface area (Å²) in [5.74, 6) is 0.284. The number of halogens is 1. The van der Waals surface area contributed by atoms with E-state index in [1.165, 1.54) is 24.0 Å². The summed E-state index contributed by atoms with van der Waals surface area (Å²) < 4.78 is 0. The van der Waals surface area contributed by atoms with Gasteiger partial charge in [-0.05, 0) is 50.4 Å². The van der Waals surface area contributed by atoms with Crippen LogP contribution in [0.1, 0.15) is 43.7 Å². The Morgan fingerprint density at radius 2 is 2.21 bits per heavy atom. The van der Waals surface area contributed by atoms with Gasteiger partial charge in [0.1, 0.15) is 5.78 Å². The second kappa shape index (κ2) is 6.53. The second-order valence-electron chi connectivity index (χ2n) is 5.62. The molecular formula is C16H22ClNO. The van der Waals surface area contributed by atoms with Gasteiger partial charge in [0.25, 0.3) is 0 Å². The first-order valence-corrected chi connectivity index (χ1v) is 7.42. The van der Waals surface area contributed by atoms with Gasteiger partial charge in [-0.1, -0.05) is 30.2 Å². The molecule has 0 saturated carbocycles. The minimum atomic E-state index is 0.284. The molecule has 104 valence electrons. The molecule has 1 saturated heterocycles. The van der Waals surface area contributed by atoms with E-state index >= 15 is 0 Å². The van der Waals surface area contributed by atoms with Crippen molar-refractivity contribution in [2.24, 2.45) is 0 Å². The first-order valence-electron chi connectivity index (χ1n) is 7.05. The quantitative estimate of drug-likeness (QED) is 0.831. The third kappa shape index (κ3) is 4.05. The Hall–Kier alpha value is -0.860. The van der Waals surface area contributed by atoms with E-state index < -0.39 is 0 Å². The molecule has 1 heterocycles. The third-order valence-corrected chi connectivity index (χ3v) is 4.21. The van der Waals surface area contributed by atoms with E-state index in [1.807, 2.05) is 6.07 Å². The monoisotopic (exact) mass is 279 g/mol. The summed E-state index contributed by atoms with van der Waals surface area (Å²) in [4.78, 5) is 13.8. The molecule has 1 unspecified atom stereocenters. The van der Waals surface area contributed by atoms with Crippen molar-refractivity contribution < 1.29 is 4.79 Å². The summed E-state index contributed by atoms with van der Waals surface area (Å²) in [6.07, 6.45) is 4.25. The molecule has 1 aromatic rings. The number of aryl methyl sites for hydroxylation is 1. The zero-order chi connectivity index (χ0) is 13.8. The number of carbonyl (C=O) groups is 1. The fraction of sp³-hybridized carbons (Fsp3) is 0.562. The van der Waals surface area contributed by atoms with Crippen LogP contribution in [0.5, 0.6) is 0 Å². The van der Waals surface area contributed by atoms with Crippen molar-refractivity contribution in [1.29, 1.82) is 0 Å². The van der Waals surface area contributed by atoms with Crippen LogP contribution in [0.15, 0.2) is 18.2 Å². The van der Waals surface area contributed by atoms with E-state index in [0.29, 0.717) is 12.5 Å². The molecule has 19 heavy (non-hydrogen) atoms. The van der Waals surface area contributed by atoms with Crippen molar-refractivity contribution in [1.82, 2.24) is 4.90 Å². The topological polar surface area (TPSA) is 20.3 Å². The van der Waals surface area contributed by atoms with Crippen LogP contribution in [0.3, 0.4) is 0 Å². The number of benzene rings is 1. The lowest BCUT2D eigenvalue weighted by molar-refractivity contribution is -0.118. The molecule has 0 aliphatic carbocycles. The summed E-state index contributed by atoms with van der Waals surface area (Å²) in [5.41, 5.74) is 2.36.